The fourth-order valence-electron chi connectivity index (χ4n) is 9.40. The van der Waals surface area contributed by atoms with Crippen molar-refractivity contribution in [3.05, 3.63) is 42.0 Å². The van der Waals surface area contributed by atoms with Gasteiger partial charge in [-0.25, -0.2) is 0 Å². The Labute approximate surface area is 216 Å². The zero-order valence-corrected chi connectivity index (χ0v) is 22.7. The van der Waals surface area contributed by atoms with Gasteiger partial charge in [-0.1, -0.05) is 71.4 Å². The smallest absolute Gasteiger partial charge is 0.247 e. The maximum absolute atomic E-state index is 13.8. The van der Waals surface area contributed by atoms with Gasteiger partial charge in [-0.2, -0.15) is 0 Å². The fraction of sp³-hybridized carbons (Fsp3) is 0.677. The van der Waals surface area contributed by atoms with Gasteiger partial charge in [0.15, 0.2) is 0 Å². The summed E-state index contributed by atoms with van der Waals surface area (Å²) in [4.78, 5) is 29.2. The average molecular weight is 490 g/mol. The topological polar surface area (TPSA) is 61.4 Å². The van der Waals surface area contributed by atoms with Crippen LogP contribution in [0.1, 0.15) is 85.1 Å². The van der Waals surface area contributed by atoms with Crippen molar-refractivity contribution < 1.29 is 9.59 Å². The van der Waals surface area contributed by atoms with Crippen LogP contribution in [0.15, 0.2) is 36.4 Å². The van der Waals surface area contributed by atoms with Gasteiger partial charge in [0.25, 0.3) is 0 Å². The summed E-state index contributed by atoms with van der Waals surface area (Å²) in [5.74, 6) is 1.18. The van der Waals surface area contributed by atoms with Gasteiger partial charge in [0.1, 0.15) is 18.2 Å². The lowest BCUT2D eigenvalue weighted by molar-refractivity contribution is -0.150. The van der Waals surface area contributed by atoms with Gasteiger partial charge in [0.2, 0.25) is 11.8 Å². The number of carbonyl (C=O) groups excluding carboxylic acids is 2. The molecule has 3 aliphatic heterocycles. The first-order valence-electron chi connectivity index (χ1n) is 14.2. The van der Waals surface area contributed by atoms with E-state index in [0.29, 0.717) is 23.7 Å². The number of para-hydroxylation sites is 1. The molecule has 5 nitrogen and oxygen atoms in total. The van der Waals surface area contributed by atoms with Crippen molar-refractivity contribution in [1.29, 1.82) is 0 Å². The molecule has 5 aliphatic rings. The molecule has 0 spiro atoms. The molecular weight excluding hydrogens is 446 g/mol. The van der Waals surface area contributed by atoms with E-state index in [2.05, 4.69) is 62.2 Å². The molecule has 0 aromatic heterocycles. The van der Waals surface area contributed by atoms with Gasteiger partial charge in [-0.15, -0.1) is 0 Å². The molecule has 1 aromatic rings. The number of allylic oxidation sites excluding steroid dienone is 1. The zero-order valence-electron chi connectivity index (χ0n) is 22.7. The van der Waals surface area contributed by atoms with Crippen molar-refractivity contribution in [2.24, 2.45) is 28.6 Å². The summed E-state index contributed by atoms with van der Waals surface area (Å²) in [6.07, 6.45) is 7.56. The normalized spacial score (nSPS) is 40.8. The summed E-state index contributed by atoms with van der Waals surface area (Å²) in [5.41, 5.74) is 4.02. The molecule has 3 heterocycles. The molecule has 5 heteroatoms. The summed E-state index contributed by atoms with van der Waals surface area (Å²) in [6, 6.07) is 7.69. The van der Waals surface area contributed by atoms with Crippen molar-refractivity contribution >= 4 is 17.5 Å². The molecule has 6 rings (SSSR count). The van der Waals surface area contributed by atoms with Crippen LogP contribution < -0.4 is 10.6 Å². The SMILES string of the molecule is C=C1CC[C@H]2C(C)(C)CCC[C@]2(C)[C@@H]1CC12C[C@@H]3C(=O)N[C@@H](C(C)C)C(=O)N3[C@@H]1Nc1ccccc12. The number of benzene rings is 1. The van der Waals surface area contributed by atoms with Crippen LogP contribution in [-0.4, -0.2) is 35.0 Å². The molecule has 194 valence electrons. The lowest BCUT2D eigenvalue weighted by Crippen LogP contribution is -2.65. The number of hydrogen-bond donors (Lipinski definition) is 2. The number of piperazine rings is 1. The number of nitrogens with one attached hydrogen (secondary N) is 2. The molecule has 36 heavy (non-hydrogen) atoms. The first kappa shape index (κ1) is 24.1. The van der Waals surface area contributed by atoms with E-state index in [9.17, 15) is 9.59 Å². The predicted octanol–water partition coefficient (Wildman–Crippen LogP) is 5.62. The predicted molar refractivity (Wildman–Crippen MR) is 143 cm³/mol. The molecule has 2 saturated heterocycles. The molecular formula is C31H43N3O2. The fourth-order valence-corrected chi connectivity index (χ4v) is 9.40. The summed E-state index contributed by atoms with van der Waals surface area (Å²) in [5, 5.41) is 6.82. The van der Waals surface area contributed by atoms with E-state index in [4.69, 9.17) is 0 Å². The van der Waals surface area contributed by atoms with Crippen LogP contribution >= 0.6 is 0 Å². The minimum atomic E-state index is -0.458. The molecule has 0 radical (unpaired) electrons. The number of carbonyl (C=O) groups is 2. The van der Waals surface area contributed by atoms with Gasteiger partial charge in [-0.3, -0.25) is 9.59 Å². The van der Waals surface area contributed by atoms with E-state index in [-0.39, 0.29) is 34.7 Å². The van der Waals surface area contributed by atoms with Crippen LogP contribution in [0.3, 0.4) is 0 Å². The minimum Gasteiger partial charge on any atom is -0.364 e. The van der Waals surface area contributed by atoms with E-state index in [1.165, 1.54) is 36.8 Å². The maximum atomic E-state index is 13.8. The van der Waals surface area contributed by atoms with Crippen molar-refractivity contribution in [3.8, 4) is 0 Å². The number of fused-ring (bicyclic) bond motifs is 6. The highest BCUT2D eigenvalue weighted by atomic mass is 16.2. The van der Waals surface area contributed by atoms with E-state index in [1.54, 1.807) is 0 Å². The van der Waals surface area contributed by atoms with Crippen LogP contribution in [0.4, 0.5) is 5.69 Å². The number of hydrogen-bond acceptors (Lipinski definition) is 3. The Morgan fingerprint density at radius 1 is 1.11 bits per heavy atom. The molecule has 2 aliphatic carbocycles. The Kier molecular flexibility index (Phi) is 5.25. The first-order chi connectivity index (χ1) is 17.0. The maximum Gasteiger partial charge on any atom is 0.247 e. The monoisotopic (exact) mass is 489 g/mol. The Morgan fingerprint density at radius 2 is 1.86 bits per heavy atom. The van der Waals surface area contributed by atoms with E-state index in [0.717, 1.165) is 18.5 Å². The Balaban J connectivity index is 1.45. The average Bonchev–Trinajstić information content (AvgIpc) is 3.29. The first-order valence-corrected chi connectivity index (χ1v) is 14.2. The molecule has 0 bridgehead atoms. The van der Waals surface area contributed by atoms with Crippen molar-refractivity contribution in [3.63, 3.8) is 0 Å². The highest BCUT2D eigenvalue weighted by Crippen LogP contribution is 2.65. The van der Waals surface area contributed by atoms with Gasteiger partial charge < -0.3 is 15.5 Å². The van der Waals surface area contributed by atoms with Crippen molar-refractivity contribution in [2.75, 3.05) is 5.32 Å². The second-order valence-corrected chi connectivity index (χ2v) is 13.8. The van der Waals surface area contributed by atoms with Crippen LogP contribution in [0.5, 0.6) is 0 Å². The van der Waals surface area contributed by atoms with Crippen LogP contribution in [-0.2, 0) is 15.0 Å². The summed E-state index contributed by atoms with van der Waals surface area (Å²) in [6.45, 7) is 16.2. The Hall–Kier alpha value is -2.30. The number of nitrogens with zero attached hydrogens (tertiary/aromatic N) is 1. The minimum absolute atomic E-state index is 0.00622. The third-order valence-corrected chi connectivity index (χ3v) is 11.1. The molecule has 4 fully saturated rings. The molecule has 1 unspecified atom stereocenters. The largest absolute Gasteiger partial charge is 0.364 e. The van der Waals surface area contributed by atoms with Gasteiger partial charge >= 0.3 is 0 Å². The van der Waals surface area contributed by atoms with Crippen molar-refractivity contribution in [2.45, 2.75) is 103 Å². The molecule has 2 saturated carbocycles. The van der Waals surface area contributed by atoms with Gasteiger partial charge in [0.05, 0.1) is 0 Å². The second kappa shape index (κ2) is 7.85. The summed E-state index contributed by atoms with van der Waals surface area (Å²) in [7, 11) is 0. The number of amides is 2. The van der Waals surface area contributed by atoms with Gasteiger partial charge in [0, 0.05) is 11.1 Å². The molecule has 2 N–H and O–H groups in total. The molecule has 2 amide bonds. The van der Waals surface area contributed by atoms with Gasteiger partial charge in [-0.05, 0) is 78.7 Å². The summed E-state index contributed by atoms with van der Waals surface area (Å²) < 4.78 is 0. The highest BCUT2D eigenvalue weighted by Gasteiger charge is 2.65. The van der Waals surface area contributed by atoms with Crippen LogP contribution in [0.25, 0.3) is 0 Å². The third kappa shape index (κ3) is 3.13. The van der Waals surface area contributed by atoms with E-state index >= 15 is 0 Å². The van der Waals surface area contributed by atoms with E-state index < -0.39 is 12.1 Å². The molecule has 7 atom stereocenters. The quantitative estimate of drug-likeness (QED) is 0.542. The third-order valence-electron chi connectivity index (χ3n) is 11.1. The summed E-state index contributed by atoms with van der Waals surface area (Å²) >= 11 is 0. The van der Waals surface area contributed by atoms with Crippen LogP contribution in [0.2, 0.25) is 0 Å². The van der Waals surface area contributed by atoms with E-state index in [1.807, 2.05) is 18.7 Å². The lowest BCUT2D eigenvalue weighted by Gasteiger charge is -2.59. The van der Waals surface area contributed by atoms with Crippen LogP contribution in [0, 0.1) is 28.6 Å². The number of rotatable bonds is 3. The standard InChI is InChI=1S/C31H43N3O2/c1-18(2)25-27(36)34-23(26(35)33-25)17-31(20-10-7-8-11-22(20)32-28(31)34)16-21-19(3)12-13-24-29(4,5)14-9-15-30(21,24)6/h7-8,10-11,18,21,23-25,28,32H,3,9,12-17H2,1-2,4-6H3,(H,33,35)/t21-,23-,24+,25+,28+,30-,31?/m1/s1. The Bertz CT molecular complexity index is 1120. The highest BCUT2D eigenvalue weighted by molar-refractivity contribution is 5.99. The molecule has 1 aromatic carbocycles. The second-order valence-electron chi connectivity index (χ2n) is 13.8. The van der Waals surface area contributed by atoms with Crippen molar-refractivity contribution in [1.82, 2.24) is 10.2 Å². The Morgan fingerprint density at radius 3 is 2.61 bits per heavy atom. The zero-order chi connectivity index (χ0) is 25.6. The number of anilines is 1. The lowest BCUT2D eigenvalue weighted by atomic mass is 9.46.